The van der Waals surface area contributed by atoms with E-state index in [4.69, 9.17) is 4.42 Å². The van der Waals surface area contributed by atoms with Crippen LogP contribution in [-0.4, -0.2) is 21.5 Å². The molecule has 1 aliphatic carbocycles. The maximum absolute atomic E-state index is 12.0. The number of hydrogen-bond acceptors (Lipinski definition) is 4. The van der Waals surface area contributed by atoms with Crippen LogP contribution < -0.4 is 10.0 Å². The van der Waals surface area contributed by atoms with Crippen molar-refractivity contribution in [1.29, 1.82) is 0 Å². The molecule has 108 valence electrons. The Morgan fingerprint density at radius 1 is 1.42 bits per heavy atom. The standard InChI is InChI=1S/C13H22N2O3S/c1-4-14-9-11-5-6-12(18-11)19(16,17)15-8-10-7-13(10,2)3/h5-6,10,14-15H,4,7-9H2,1-3H3. The molecule has 5 nitrogen and oxygen atoms in total. The van der Waals surface area contributed by atoms with E-state index in [1.54, 1.807) is 6.07 Å². The number of hydrogen-bond donors (Lipinski definition) is 2. The molecule has 0 spiro atoms. The minimum Gasteiger partial charge on any atom is -0.447 e. The summed E-state index contributed by atoms with van der Waals surface area (Å²) in [5.41, 5.74) is 0.266. The number of furan rings is 1. The third-order valence-electron chi connectivity index (χ3n) is 3.69. The first-order chi connectivity index (χ1) is 8.85. The molecule has 1 unspecified atom stereocenters. The molecule has 1 fully saturated rings. The zero-order valence-electron chi connectivity index (χ0n) is 11.7. The van der Waals surface area contributed by atoms with Gasteiger partial charge in [0.05, 0.1) is 6.54 Å². The van der Waals surface area contributed by atoms with E-state index in [1.807, 2.05) is 6.92 Å². The third kappa shape index (κ3) is 3.58. The maximum Gasteiger partial charge on any atom is 0.273 e. The number of rotatable bonds is 7. The molecule has 0 radical (unpaired) electrons. The van der Waals surface area contributed by atoms with E-state index < -0.39 is 10.0 Å². The Kier molecular flexibility index (Phi) is 4.03. The first kappa shape index (κ1) is 14.6. The van der Waals surface area contributed by atoms with Gasteiger partial charge in [-0.05, 0) is 36.4 Å². The van der Waals surface area contributed by atoms with E-state index >= 15 is 0 Å². The quantitative estimate of drug-likeness (QED) is 0.800. The second kappa shape index (κ2) is 5.26. The van der Waals surface area contributed by atoms with Crippen LogP contribution in [0.25, 0.3) is 0 Å². The van der Waals surface area contributed by atoms with Gasteiger partial charge in [-0.15, -0.1) is 0 Å². The van der Waals surface area contributed by atoms with Gasteiger partial charge < -0.3 is 9.73 Å². The molecule has 0 bridgehead atoms. The fourth-order valence-electron chi connectivity index (χ4n) is 2.05. The van der Waals surface area contributed by atoms with Crippen molar-refractivity contribution in [3.05, 3.63) is 17.9 Å². The molecule has 6 heteroatoms. The molecule has 0 amide bonds. The highest BCUT2D eigenvalue weighted by Crippen LogP contribution is 2.51. The SMILES string of the molecule is CCNCc1ccc(S(=O)(=O)NCC2CC2(C)C)o1. The van der Waals surface area contributed by atoms with Crippen molar-refractivity contribution in [2.45, 2.75) is 38.8 Å². The topological polar surface area (TPSA) is 71.3 Å². The van der Waals surface area contributed by atoms with E-state index in [1.165, 1.54) is 6.07 Å². The molecule has 1 aromatic heterocycles. The molecule has 0 aromatic carbocycles. The van der Waals surface area contributed by atoms with Gasteiger partial charge in [-0.2, -0.15) is 0 Å². The van der Waals surface area contributed by atoms with Gasteiger partial charge in [-0.3, -0.25) is 0 Å². The Labute approximate surface area is 114 Å². The molecule has 0 saturated heterocycles. The zero-order chi connectivity index (χ0) is 14.1. The molecule has 2 N–H and O–H groups in total. The molecule has 19 heavy (non-hydrogen) atoms. The van der Waals surface area contributed by atoms with Crippen molar-refractivity contribution in [2.75, 3.05) is 13.1 Å². The zero-order valence-corrected chi connectivity index (χ0v) is 12.5. The summed E-state index contributed by atoms with van der Waals surface area (Å²) in [6.45, 7) is 8.12. The van der Waals surface area contributed by atoms with Gasteiger partial charge in [0.1, 0.15) is 5.76 Å². The second-order valence-corrected chi connectivity index (χ2v) is 7.44. The highest BCUT2D eigenvalue weighted by Gasteiger charge is 2.45. The van der Waals surface area contributed by atoms with Crippen molar-refractivity contribution >= 4 is 10.0 Å². The van der Waals surface area contributed by atoms with Crippen LogP contribution in [0.15, 0.2) is 21.6 Å². The fraction of sp³-hybridized carbons (Fsp3) is 0.692. The van der Waals surface area contributed by atoms with Crippen LogP contribution in [0, 0.1) is 11.3 Å². The molecule has 1 atom stereocenters. The van der Waals surface area contributed by atoms with Crippen molar-refractivity contribution < 1.29 is 12.8 Å². The van der Waals surface area contributed by atoms with Crippen molar-refractivity contribution in [2.24, 2.45) is 11.3 Å². The Morgan fingerprint density at radius 2 is 2.11 bits per heavy atom. The molecule has 1 heterocycles. The van der Waals surface area contributed by atoms with Crippen LogP contribution in [0.4, 0.5) is 0 Å². The highest BCUT2D eigenvalue weighted by atomic mass is 32.2. The van der Waals surface area contributed by atoms with Gasteiger partial charge in [-0.1, -0.05) is 20.8 Å². The monoisotopic (exact) mass is 286 g/mol. The fourth-order valence-corrected chi connectivity index (χ4v) is 3.08. The van der Waals surface area contributed by atoms with Crippen molar-refractivity contribution in [3.63, 3.8) is 0 Å². The Bertz CT molecular complexity index is 534. The lowest BCUT2D eigenvalue weighted by molar-refractivity contribution is 0.400. The summed E-state index contributed by atoms with van der Waals surface area (Å²) in [6, 6.07) is 3.20. The number of nitrogens with one attached hydrogen (secondary N) is 2. The highest BCUT2D eigenvalue weighted by molar-refractivity contribution is 7.89. The summed E-state index contributed by atoms with van der Waals surface area (Å²) in [5.74, 6) is 1.06. The van der Waals surface area contributed by atoms with E-state index in [0.29, 0.717) is 24.8 Å². The first-order valence-electron chi connectivity index (χ1n) is 6.64. The Morgan fingerprint density at radius 3 is 2.68 bits per heavy atom. The molecule has 1 aliphatic rings. The van der Waals surface area contributed by atoms with Crippen molar-refractivity contribution in [3.8, 4) is 0 Å². The van der Waals surface area contributed by atoms with Crippen LogP contribution in [0.3, 0.4) is 0 Å². The average Bonchev–Trinajstić information content (AvgIpc) is 2.78. The lowest BCUT2D eigenvalue weighted by Gasteiger charge is -2.05. The first-order valence-corrected chi connectivity index (χ1v) is 8.12. The Balaban J connectivity index is 1.93. The van der Waals surface area contributed by atoms with Gasteiger partial charge >= 0.3 is 0 Å². The van der Waals surface area contributed by atoms with Crippen LogP contribution in [0.2, 0.25) is 0 Å². The predicted molar refractivity (Wildman–Crippen MR) is 73.2 cm³/mol. The summed E-state index contributed by atoms with van der Waals surface area (Å²) in [6.07, 6.45) is 1.07. The van der Waals surface area contributed by atoms with Crippen LogP contribution >= 0.6 is 0 Å². The van der Waals surface area contributed by atoms with Gasteiger partial charge in [0, 0.05) is 6.54 Å². The van der Waals surface area contributed by atoms with Crippen LogP contribution in [0.1, 0.15) is 33.0 Å². The number of sulfonamides is 1. The van der Waals surface area contributed by atoms with Crippen LogP contribution in [0.5, 0.6) is 0 Å². The smallest absolute Gasteiger partial charge is 0.273 e. The summed E-state index contributed by atoms with van der Waals surface area (Å²) in [7, 11) is -3.51. The minimum absolute atomic E-state index is 0.00106. The second-order valence-electron chi connectivity index (χ2n) is 5.74. The summed E-state index contributed by atoms with van der Waals surface area (Å²) >= 11 is 0. The molecule has 2 rings (SSSR count). The van der Waals surface area contributed by atoms with Crippen LogP contribution in [-0.2, 0) is 16.6 Å². The lowest BCUT2D eigenvalue weighted by Crippen LogP contribution is -2.26. The molecule has 1 saturated carbocycles. The van der Waals surface area contributed by atoms with Gasteiger partial charge in [0.25, 0.3) is 10.0 Å². The van der Waals surface area contributed by atoms with E-state index in [9.17, 15) is 8.42 Å². The summed E-state index contributed by atoms with van der Waals surface area (Å²) in [4.78, 5) is 0. The largest absolute Gasteiger partial charge is 0.447 e. The van der Waals surface area contributed by atoms with Gasteiger partial charge in [-0.25, -0.2) is 13.1 Å². The van der Waals surface area contributed by atoms with Crippen molar-refractivity contribution in [1.82, 2.24) is 10.0 Å². The average molecular weight is 286 g/mol. The molecule has 0 aliphatic heterocycles. The maximum atomic E-state index is 12.0. The molecular formula is C13H22N2O3S. The van der Waals surface area contributed by atoms with E-state index in [2.05, 4.69) is 23.9 Å². The predicted octanol–water partition coefficient (Wildman–Crippen LogP) is 1.71. The van der Waals surface area contributed by atoms with E-state index in [0.717, 1.165) is 13.0 Å². The molecular weight excluding hydrogens is 264 g/mol. The third-order valence-corrected chi connectivity index (χ3v) is 4.98. The summed E-state index contributed by atoms with van der Waals surface area (Å²) in [5, 5.41) is 3.09. The lowest BCUT2D eigenvalue weighted by atomic mass is 10.1. The van der Waals surface area contributed by atoms with E-state index in [-0.39, 0.29) is 10.5 Å². The van der Waals surface area contributed by atoms with Gasteiger partial charge in [0.15, 0.2) is 0 Å². The van der Waals surface area contributed by atoms with Gasteiger partial charge in [0.2, 0.25) is 5.09 Å². The Hall–Kier alpha value is -0.850. The summed E-state index contributed by atoms with van der Waals surface area (Å²) < 4.78 is 32.0. The normalized spacial score (nSPS) is 21.5. The molecule has 1 aromatic rings. The minimum atomic E-state index is -3.51.